The van der Waals surface area contributed by atoms with Gasteiger partial charge in [0.15, 0.2) is 0 Å². The highest BCUT2D eigenvalue weighted by Gasteiger charge is 2.39. The fraction of sp³-hybridized carbons (Fsp3) is 0.429. The summed E-state index contributed by atoms with van der Waals surface area (Å²) in [5.41, 5.74) is 4.14. The van der Waals surface area contributed by atoms with E-state index < -0.39 is 71.7 Å². The van der Waals surface area contributed by atoms with Crippen LogP contribution in [-0.4, -0.2) is 122 Å². The van der Waals surface area contributed by atoms with Crippen molar-refractivity contribution in [2.45, 2.75) is 82.7 Å². The first kappa shape index (κ1) is 41.2. The van der Waals surface area contributed by atoms with Gasteiger partial charge in [0.05, 0.1) is 14.2 Å². The Kier molecular flexibility index (Phi) is 13.0. The number of hydrogen-bond donors (Lipinski definition) is 3. The predicted octanol–water partition coefficient (Wildman–Crippen LogP) is 1.64. The number of ether oxygens (including phenoxy) is 2. The Bertz CT molecular complexity index is 1950. The quantitative estimate of drug-likeness (QED) is 0.361. The molecule has 0 spiro atoms. The van der Waals surface area contributed by atoms with Gasteiger partial charge in [0.2, 0.25) is 35.4 Å². The van der Waals surface area contributed by atoms with Crippen molar-refractivity contribution in [2.24, 2.45) is 0 Å². The molecule has 14 nitrogen and oxygen atoms in total. The Morgan fingerprint density at radius 3 is 1.73 bits per heavy atom. The van der Waals surface area contributed by atoms with Crippen molar-refractivity contribution in [3.8, 4) is 11.5 Å². The van der Waals surface area contributed by atoms with Gasteiger partial charge >= 0.3 is 0 Å². The molecule has 0 unspecified atom stereocenters. The largest absolute Gasteiger partial charge is 0.497 e. The van der Waals surface area contributed by atoms with E-state index in [1.807, 2.05) is 42.5 Å². The van der Waals surface area contributed by atoms with Crippen LogP contribution in [0.5, 0.6) is 11.5 Å². The zero-order chi connectivity index (χ0) is 40.8. The standard InChI is InChI=1S/C42H52N6O8/c1-24-37(49)44-25(2)40(52)46(4)33(21-29-13-16-32(55-7)17-14-29)39(51)45-26(3)41(53)48(6)35-22-28-11-9-27(10-12-28)19-31-20-30(15-18-36(31)56-8)23-34(38(50)43-24)47(5)42(35)54/h9-18,20,24-26,33-35H,19,21-23H2,1-8H3,(H,43,50)(H,44,49)(H,45,51)/t24-,25+,26+,33+,34+,35+/m1/s1. The molecule has 56 heavy (non-hydrogen) atoms. The Morgan fingerprint density at radius 1 is 0.571 bits per heavy atom. The van der Waals surface area contributed by atoms with Crippen LogP contribution in [0.1, 0.15) is 48.6 Å². The lowest BCUT2D eigenvalue weighted by Crippen LogP contribution is -2.61. The number of nitrogens with zero attached hydrogens (tertiary/aromatic N) is 3. The van der Waals surface area contributed by atoms with Crippen molar-refractivity contribution in [1.82, 2.24) is 30.7 Å². The first-order valence-electron chi connectivity index (χ1n) is 18.7. The Morgan fingerprint density at radius 2 is 1.11 bits per heavy atom. The van der Waals surface area contributed by atoms with E-state index in [1.165, 1.54) is 63.7 Å². The van der Waals surface area contributed by atoms with Crippen LogP contribution < -0.4 is 25.4 Å². The summed E-state index contributed by atoms with van der Waals surface area (Å²) >= 11 is 0. The average Bonchev–Trinajstić information content (AvgIpc) is 3.19. The molecule has 3 heterocycles. The van der Waals surface area contributed by atoms with Crippen molar-refractivity contribution in [3.05, 3.63) is 94.5 Å². The molecule has 3 aliphatic heterocycles. The highest BCUT2D eigenvalue weighted by atomic mass is 16.5. The molecule has 0 saturated carbocycles. The first-order valence-corrected chi connectivity index (χ1v) is 18.7. The van der Waals surface area contributed by atoms with E-state index in [9.17, 15) is 28.8 Å². The second-order valence-electron chi connectivity index (χ2n) is 14.7. The van der Waals surface area contributed by atoms with Crippen LogP contribution in [0.2, 0.25) is 0 Å². The number of benzene rings is 3. The highest BCUT2D eigenvalue weighted by molar-refractivity contribution is 5.98. The van der Waals surface area contributed by atoms with E-state index in [0.29, 0.717) is 17.9 Å². The molecule has 6 amide bonds. The summed E-state index contributed by atoms with van der Waals surface area (Å²) < 4.78 is 10.9. The Labute approximate surface area is 327 Å². The molecule has 298 valence electrons. The molecule has 6 bridgehead atoms. The van der Waals surface area contributed by atoms with Gasteiger partial charge in [0.25, 0.3) is 0 Å². The third kappa shape index (κ3) is 9.29. The number of hydrogen-bond acceptors (Lipinski definition) is 8. The number of likely N-dealkylation sites (N-methyl/N-ethyl adjacent to an activating group) is 3. The molecule has 6 rings (SSSR count). The number of fused-ring (bicyclic) bond motifs is 2. The van der Waals surface area contributed by atoms with Crippen LogP contribution in [0.4, 0.5) is 0 Å². The first-order chi connectivity index (χ1) is 26.6. The van der Waals surface area contributed by atoms with Crippen molar-refractivity contribution in [3.63, 3.8) is 0 Å². The third-order valence-corrected chi connectivity index (χ3v) is 10.8. The van der Waals surface area contributed by atoms with Gasteiger partial charge in [0.1, 0.15) is 47.8 Å². The smallest absolute Gasteiger partial charge is 0.246 e. The molecular formula is C42H52N6O8. The number of methoxy groups -OCH3 is 2. The van der Waals surface area contributed by atoms with E-state index >= 15 is 0 Å². The lowest BCUT2D eigenvalue weighted by atomic mass is 9.94. The Balaban J connectivity index is 1.57. The maximum absolute atomic E-state index is 14.7. The van der Waals surface area contributed by atoms with E-state index in [2.05, 4.69) is 16.0 Å². The van der Waals surface area contributed by atoms with Crippen LogP contribution in [0.15, 0.2) is 66.7 Å². The number of amides is 6. The van der Waals surface area contributed by atoms with Crippen LogP contribution in [0.3, 0.4) is 0 Å². The summed E-state index contributed by atoms with van der Waals surface area (Å²) in [6.45, 7) is 4.50. The van der Waals surface area contributed by atoms with Gasteiger partial charge in [0, 0.05) is 46.8 Å². The lowest BCUT2D eigenvalue weighted by molar-refractivity contribution is -0.149. The second-order valence-corrected chi connectivity index (χ2v) is 14.7. The number of carbonyl (C=O) groups is 6. The van der Waals surface area contributed by atoms with Gasteiger partial charge in [-0.05, 0) is 66.8 Å². The van der Waals surface area contributed by atoms with Gasteiger partial charge in [-0.25, -0.2) is 0 Å². The molecule has 14 heteroatoms. The predicted molar refractivity (Wildman–Crippen MR) is 209 cm³/mol. The topological polar surface area (TPSA) is 167 Å². The molecule has 6 atom stereocenters. The zero-order valence-corrected chi connectivity index (χ0v) is 33.3. The van der Waals surface area contributed by atoms with Crippen LogP contribution in [0.25, 0.3) is 0 Å². The van der Waals surface area contributed by atoms with Gasteiger partial charge in [-0.3, -0.25) is 28.8 Å². The van der Waals surface area contributed by atoms with E-state index in [1.54, 1.807) is 31.4 Å². The minimum Gasteiger partial charge on any atom is -0.497 e. The summed E-state index contributed by atoms with van der Waals surface area (Å²) in [4.78, 5) is 88.4. The SMILES string of the molecule is COc1ccc(C[C@H]2C(=O)N[C@@H](C)C(=O)N(C)[C@H]3Cc4ccc(cc4)Cc4cc(ccc4OC)C[C@@H](C(=O)N[C@H](C)C(=O)N[C@@H](C)C(=O)N2C)N(C)C3=O)cc1. The molecule has 0 aliphatic carbocycles. The normalized spacial score (nSPS) is 24.5. The summed E-state index contributed by atoms with van der Waals surface area (Å²) in [5, 5.41) is 8.21. The number of nitrogens with one attached hydrogen (secondary N) is 3. The second kappa shape index (κ2) is 17.7. The minimum absolute atomic E-state index is 0.0842. The fourth-order valence-corrected chi connectivity index (χ4v) is 7.20. The van der Waals surface area contributed by atoms with E-state index in [0.717, 1.165) is 27.8 Å². The number of carbonyl (C=O) groups excluding carboxylic acids is 6. The van der Waals surface area contributed by atoms with Crippen molar-refractivity contribution >= 4 is 35.4 Å². The summed E-state index contributed by atoms with van der Waals surface area (Å²) in [6.07, 6.45) is 0.831. The highest BCUT2D eigenvalue weighted by Crippen LogP contribution is 2.26. The summed E-state index contributed by atoms with van der Waals surface area (Å²) in [7, 11) is 7.60. The monoisotopic (exact) mass is 768 g/mol. The maximum Gasteiger partial charge on any atom is 0.246 e. The van der Waals surface area contributed by atoms with E-state index in [4.69, 9.17) is 9.47 Å². The van der Waals surface area contributed by atoms with Crippen LogP contribution in [-0.2, 0) is 54.5 Å². The minimum atomic E-state index is -1.11. The van der Waals surface area contributed by atoms with Gasteiger partial charge in [-0.2, -0.15) is 0 Å². The summed E-state index contributed by atoms with van der Waals surface area (Å²) in [6, 6.07) is 13.8. The van der Waals surface area contributed by atoms with Crippen molar-refractivity contribution < 1.29 is 38.2 Å². The summed E-state index contributed by atoms with van der Waals surface area (Å²) in [5.74, 6) is -2.16. The van der Waals surface area contributed by atoms with Gasteiger partial charge in [-0.15, -0.1) is 0 Å². The maximum atomic E-state index is 14.7. The van der Waals surface area contributed by atoms with Gasteiger partial charge < -0.3 is 40.1 Å². The zero-order valence-electron chi connectivity index (χ0n) is 33.3. The molecule has 0 aromatic heterocycles. The lowest BCUT2D eigenvalue weighted by Gasteiger charge is -2.36. The van der Waals surface area contributed by atoms with Crippen molar-refractivity contribution in [2.75, 3.05) is 35.4 Å². The third-order valence-electron chi connectivity index (χ3n) is 10.8. The molecular weight excluding hydrogens is 716 g/mol. The van der Waals surface area contributed by atoms with Crippen molar-refractivity contribution in [1.29, 1.82) is 0 Å². The molecule has 3 aliphatic rings. The fourth-order valence-electron chi connectivity index (χ4n) is 7.20. The van der Waals surface area contributed by atoms with Crippen LogP contribution >= 0.6 is 0 Å². The molecule has 0 radical (unpaired) electrons. The number of rotatable bonds is 4. The van der Waals surface area contributed by atoms with E-state index in [-0.39, 0.29) is 19.3 Å². The van der Waals surface area contributed by atoms with Gasteiger partial charge in [-0.1, -0.05) is 48.5 Å². The Hall–Kier alpha value is -5.92. The molecule has 3 aromatic rings. The molecule has 3 aromatic carbocycles. The van der Waals surface area contributed by atoms with Crippen LogP contribution in [0, 0.1) is 0 Å². The molecule has 3 N–H and O–H groups in total. The molecule has 1 saturated heterocycles. The molecule has 1 fully saturated rings. The average molecular weight is 769 g/mol.